The summed E-state index contributed by atoms with van der Waals surface area (Å²) in [5.41, 5.74) is 0.288. The van der Waals surface area contributed by atoms with E-state index < -0.39 is 31.2 Å². The van der Waals surface area contributed by atoms with Gasteiger partial charge in [-0.3, -0.25) is 14.6 Å². The van der Waals surface area contributed by atoms with Gasteiger partial charge in [0, 0.05) is 10.7 Å². The Morgan fingerprint density at radius 3 is 2.53 bits per heavy atom. The molecule has 0 aromatic heterocycles. The second-order valence-electron chi connectivity index (χ2n) is 3.94. The summed E-state index contributed by atoms with van der Waals surface area (Å²) in [6, 6.07) is 5.00. The minimum absolute atomic E-state index is 0.181. The fraction of sp³-hybridized carbons (Fsp3) is 0.273. The van der Waals surface area contributed by atoms with Gasteiger partial charge in [0.15, 0.2) is 0 Å². The maximum absolute atomic E-state index is 12.3. The molecule has 0 atom stereocenters. The summed E-state index contributed by atoms with van der Waals surface area (Å²) in [5, 5.41) is 0.326. The predicted molar refractivity (Wildman–Crippen MR) is 62.0 cm³/mol. The van der Waals surface area contributed by atoms with Gasteiger partial charge in [0.25, 0.3) is 5.91 Å². The number of halogens is 4. The van der Waals surface area contributed by atoms with Gasteiger partial charge in [-0.2, -0.15) is 13.2 Å². The third kappa shape index (κ3) is 2.98. The topological polar surface area (TPSA) is 40.6 Å². The highest BCUT2D eigenvalue weighted by atomic mass is 35.5. The Hall–Kier alpha value is -1.76. The Morgan fingerprint density at radius 1 is 1.26 bits per heavy atom. The van der Waals surface area contributed by atoms with E-state index in [0.29, 0.717) is 5.02 Å². The number of amides is 3. The maximum atomic E-state index is 12.3. The number of nitrogens with zero attached hydrogens (tertiary/aromatic N) is 2. The molecular formula is C11H8ClF3N2O2. The second kappa shape index (κ2) is 4.73. The van der Waals surface area contributed by atoms with Crippen molar-refractivity contribution in [2.24, 2.45) is 0 Å². The van der Waals surface area contributed by atoms with Gasteiger partial charge in [-0.25, -0.2) is 4.79 Å². The minimum Gasteiger partial charge on any atom is -0.284 e. The zero-order valence-corrected chi connectivity index (χ0v) is 10.2. The van der Waals surface area contributed by atoms with Crippen molar-refractivity contribution in [2.45, 2.75) is 6.18 Å². The summed E-state index contributed by atoms with van der Waals surface area (Å²) >= 11 is 5.73. The molecule has 0 spiro atoms. The number of anilines is 1. The van der Waals surface area contributed by atoms with Crippen LogP contribution in [0, 0.1) is 0 Å². The van der Waals surface area contributed by atoms with Gasteiger partial charge in [-0.1, -0.05) is 17.7 Å². The highest BCUT2D eigenvalue weighted by Crippen LogP contribution is 2.26. The molecule has 0 aliphatic carbocycles. The summed E-state index contributed by atoms with van der Waals surface area (Å²) in [6.07, 6.45) is -4.62. The molecule has 0 bridgehead atoms. The SMILES string of the molecule is O=C1CN(c2cccc(Cl)c2)C(=O)N1CC(F)(F)F. The van der Waals surface area contributed by atoms with E-state index in [2.05, 4.69) is 0 Å². The molecule has 3 amide bonds. The van der Waals surface area contributed by atoms with Crippen LogP contribution in [0.15, 0.2) is 24.3 Å². The van der Waals surface area contributed by atoms with Crippen LogP contribution in [0.4, 0.5) is 23.7 Å². The van der Waals surface area contributed by atoms with Crippen molar-refractivity contribution in [2.75, 3.05) is 18.0 Å². The molecule has 1 aliphatic rings. The van der Waals surface area contributed by atoms with Crippen molar-refractivity contribution in [3.8, 4) is 0 Å². The molecule has 0 saturated carbocycles. The molecule has 1 aromatic rings. The van der Waals surface area contributed by atoms with Crippen molar-refractivity contribution in [1.29, 1.82) is 0 Å². The lowest BCUT2D eigenvalue weighted by molar-refractivity contribution is -0.151. The number of carbonyl (C=O) groups excluding carboxylic acids is 2. The first kappa shape index (κ1) is 13.7. The van der Waals surface area contributed by atoms with Crippen LogP contribution >= 0.6 is 11.6 Å². The van der Waals surface area contributed by atoms with Crippen molar-refractivity contribution in [3.05, 3.63) is 29.3 Å². The molecular weight excluding hydrogens is 285 g/mol. The summed E-state index contributed by atoms with van der Waals surface area (Å²) in [6.45, 7) is -2.00. The smallest absolute Gasteiger partial charge is 0.284 e. The summed E-state index contributed by atoms with van der Waals surface area (Å²) in [7, 11) is 0. The van der Waals surface area contributed by atoms with Crippen LogP contribution < -0.4 is 4.90 Å². The minimum atomic E-state index is -4.62. The number of urea groups is 1. The van der Waals surface area contributed by atoms with Gasteiger partial charge < -0.3 is 0 Å². The van der Waals surface area contributed by atoms with E-state index in [4.69, 9.17) is 11.6 Å². The van der Waals surface area contributed by atoms with Crippen molar-refractivity contribution >= 4 is 29.2 Å². The quantitative estimate of drug-likeness (QED) is 0.786. The highest BCUT2D eigenvalue weighted by molar-refractivity contribution is 6.31. The van der Waals surface area contributed by atoms with E-state index in [0.717, 1.165) is 4.90 Å². The number of alkyl halides is 3. The van der Waals surface area contributed by atoms with Gasteiger partial charge in [0.05, 0.1) is 0 Å². The molecule has 0 N–H and O–H groups in total. The summed E-state index contributed by atoms with van der Waals surface area (Å²) < 4.78 is 36.8. The first-order valence-corrected chi connectivity index (χ1v) is 5.60. The van der Waals surface area contributed by atoms with Gasteiger partial charge in [0.1, 0.15) is 13.1 Å². The number of carbonyl (C=O) groups is 2. The van der Waals surface area contributed by atoms with E-state index in [1.807, 2.05) is 0 Å². The van der Waals surface area contributed by atoms with Gasteiger partial charge in [-0.15, -0.1) is 0 Å². The average Bonchev–Trinajstić information content (AvgIpc) is 2.55. The largest absolute Gasteiger partial charge is 0.406 e. The Morgan fingerprint density at radius 2 is 1.95 bits per heavy atom. The molecule has 1 aliphatic heterocycles. The molecule has 8 heteroatoms. The van der Waals surface area contributed by atoms with Crippen LogP contribution in [0.25, 0.3) is 0 Å². The van der Waals surface area contributed by atoms with Crippen LogP contribution in [0.3, 0.4) is 0 Å². The number of hydrogen-bond acceptors (Lipinski definition) is 2. The monoisotopic (exact) mass is 292 g/mol. The van der Waals surface area contributed by atoms with Crippen LogP contribution in [-0.4, -0.2) is 36.1 Å². The summed E-state index contributed by atoms with van der Waals surface area (Å²) in [5.74, 6) is -0.887. The highest BCUT2D eigenvalue weighted by Gasteiger charge is 2.43. The van der Waals surface area contributed by atoms with Gasteiger partial charge in [-0.05, 0) is 18.2 Å². The lowest BCUT2D eigenvalue weighted by Crippen LogP contribution is -2.39. The fourth-order valence-electron chi connectivity index (χ4n) is 1.72. The van der Waals surface area contributed by atoms with E-state index in [1.54, 1.807) is 12.1 Å². The Balaban J connectivity index is 2.23. The third-order valence-electron chi connectivity index (χ3n) is 2.51. The van der Waals surface area contributed by atoms with Crippen LogP contribution in [0.2, 0.25) is 5.02 Å². The van der Waals surface area contributed by atoms with Crippen molar-refractivity contribution in [1.82, 2.24) is 4.90 Å². The number of hydrogen-bond donors (Lipinski definition) is 0. The van der Waals surface area contributed by atoms with Crippen molar-refractivity contribution in [3.63, 3.8) is 0 Å². The van der Waals surface area contributed by atoms with Crippen LogP contribution in [0.1, 0.15) is 0 Å². The molecule has 1 heterocycles. The molecule has 2 rings (SSSR count). The molecule has 1 saturated heterocycles. The van der Waals surface area contributed by atoms with Crippen LogP contribution in [0.5, 0.6) is 0 Å². The molecule has 0 radical (unpaired) electrons. The van der Waals surface area contributed by atoms with Crippen LogP contribution in [-0.2, 0) is 4.79 Å². The number of imide groups is 1. The average molecular weight is 293 g/mol. The number of rotatable bonds is 2. The molecule has 19 heavy (non-hydrogen) atoms. The molecule has 102 valence electrons. The Kier molecular flexibility index (Phi) is 3.40. The standard InChI is InChI=1S/C11H8ClF3N2O2/c12-7-2-1-3-8(4-7)16-5-9(18)17(10(16)19)6-11(13,14)15/h1-4H,5-6H2. The lowest BCUT2D eigenvalue weighted by Gasteiger charge is -2.18. The molecule has 0 unspecified atom stereocenters. The first-order valence-electron chi connectivity index (χ1n) is 5.22. The maximum Gasteiger partial charge on any atom is 0.406 e. The lowest BCUT2D eigenvalue weighted by atomic mass is 10.3. The Labute approximate surface area is 111 Å². The molecule has 1 aromatic carbocycles. The fourth-order valence-corrected chi connectivity index (χ4v) is 1.91. The zero-order chi connectivity index (χ0) is 14.2. The van der Waals surface area contributed by atoms with Crippen molar-refractivity contribution < 1.29 is 22.8 Å². The van der Waals surface area contributed by atoms with E-state index in [9.17, 15) is 22.8 Å². The van der Waals surface area contributed by atoms with E-state index in [1.165, 1.54) is 12.1 Å². The predicted octanol–water partition coefficient (Wildman–Crippen LogP) is 2.67. The van der Waals surface area contributed by atoms with Gasteiger partial charge >= 0.3 is 12.2 Å². The van der Waals surface area contributed by atoms with Gasteiger partial charge in [0.2, 0.25) is 0 Å². The normalized spacial score (nSPS) is 16.4. The molecule has 1 fully saturated rings. The number of benzene rings is 1. The first-order chi connectivity index (χ1) is 8.78. The van der Waals surface area contributed by atoms with E-state index >= 15 is 0 Å². The third-order valence-corrected chi connectivity index (χ3v) is 2.75. The zero-order valence-electron chi connectivity index (χ0n) is 9.45. The molecule has 4 nitrogen and oxygen atoms in total. The van der Waals surface area contributed by atoms with E-state index in [-0.39, 0.29) is 10.6 Å². The Bertz CT molecular complexity index is 533. The summed E-state index contributed by atoms with van der Waals surface area (Å²) in [4.78, 5) is 24.4. The second-order valence-corrected chi connectivity index (χ2v) is 4.38.